The Morgan fingerprint density at radius 2 is 1.67 bits per heavy atom. The van der Waals surface area contributed by atoms with Crippen LogP contribution < -0.4 is 10.6 Å². The van der Waals surface area contributed by atoms with Gasteiger partial charge in [-0.3, -0.25) is 4.79 Å². The molecular weight excluding hydrogens is 372 g/mol. The Hall–Kier alpha value is -3.06. The predicted octanol–water partition coefficient (Wildman–Crippen LogP) is 2.38. The van der Waals surface area contributed by atoms with Gasteiger partial charge in [0.05, 0.1) is 0 Å². The summed E-state index contributed by atoms with van der Waals surface area (Å²) in [5.41, 5.74) is 1.52. The standard InChI is InChI=1S/C19H19ClN2O5/c20-15-8-6-13(7-9-15)10-16(18(24)25)22-17(23)11-21-19(26)27-12-14-4-2-1-3-5-14/h1-9,16H,10-12H2,(H,21,26)(H,22,23)(H,24,25)/t16-/m0/s1. The lowest BCUT2D eigenvalue weighted by molar-refractivity contribution is -0.141. The molecule has 0 fully saturated rings. The van der Waals surface area contributed by atoms with E-state index in [1.54, 1.807) is 36.4 Å². The summed E-state index contributed by atoms with van der Waals surface area (Å²) >= 11 is 5.79. The highest BCUT2D eigenvalue weighted by molar-refractivity contribution is 6.30. The van der Waals surface area contributed by atoms with Crippen LogP contribution in [0.5, 0.6) is 0 Å². The average Bonchev–Trinajstić information content (AvgIpc) is 2.66. The summed E-state index contributed by atoms with van der Waals surface area (Å²) in [6.07, 6.45) is -0.671. The van der Waals surface area contributed by atoms with Gasteiger partial charge in [-0.1, -0.05) is 54.1 Å². The van der Waals surface area contributed by atoms with Gasteiger partial charge in [-0.2, -0.15) is 0 Å². The van der Waals surface area contributed by atoms with Crippen LogP contribution >= 0.6 is 11.6 Å². The van der Waals surface area contributed by atoms with E-state index in [0.29, 0.717) is 10.6 Å². The highest BCUT2D eigenvalue weighted by Gasteiger charge is 2.20. The Kier molecular flexibility index (Phi) is 7.63. The molecule has 8 heteroatoms. The molecule has 27 heavy (non-hydrogen) atoms. The van der Waals surface area contributed by atoms with E-state index < -0.39 is 30.6 Å². The monoisotopic (exact) mass is 390 g/mol. The molecule has 7 nitrogen and oxygen atoms in total. The third-order valence-electron chi connectivity index (χ3n) is 3.59. The van der Waals surface area contributed by atoms with Crippen molar-refractivity contribution in [1.82, 2.24) is 10.6 Å². The zero-order valence-corrected chi connectivity index (χ0v) is 15.1. The molecule has 0 spiro atoms. The number of rotatable bonds is 8. The highest BCUT2D eigenvalue weighted by Crippen LogP contribution is 2.11. The molecule has 0 radical (unpaired) electrons. The van der Waals surface area contributed by atoms with Crippen LogP contribution in [0.25, 0.3) is 0 Å². The summed E-state index contributed by atoms with van der Waals surface area (Å²) in [4.78, 5) is 34.9. The second-order valence-electron chi connectivity index (χ2n) is 5.70. The Balaban J connectivity index is 1.77. The van der Waals surface area contributed by atoms with E-state index in [2.05, 4.69) is 10.6 Å². The van der Waals surface area contributed by atoms with Crippen LogP contribution in [0.3, 0.4) is 0 Å². The van der Waals surface area contributed by atoms with E-state index in [9.17, 15) is 19.5 Å². The van der Waals surface area contributed by atoms with Crippen molar-refractivity contribution >= 4 is 29.6 Å². The lowest BCUT2D eigenvalue weighted by Crippen LogP contribution is -2.46. The first-order valence-electron chi connectivity index (χ1n) is 8.15. The summed E-state index contributed by atoms with van der Waals surface area (Å²) in [5, 5.41) is 14.5. The lowest BCUT2D eigenvalue weighted by atomic mass is 10.1. The third kappa shape index (κ3) is 7.37. The second kappa shape index (κ2) is 10.2. The quantitative estimate of drug-likeness (QED) is 0.641. The van der Waals surface area contributed by atoms with Crippen molar-refractivity contribution in [2.24, 2.45) is 0 Å². The molecule has 1 atom stereocenters. The number of carboxylic acids is 1. The van der Waals surface area contributed by atoms with Gasteiger partial charge in [0.1, 0.15) is 19.2 Å². The fourth-order valence-corrected chi connectivity index (χ4v) is 2.35. The number of carboxylic acid groups (broad SMARTS) is 1. The van der Waals surface area contributed by atoms with Crippen LogP contribution in [0.15, 0.2) is 54.6 Å². The van der Waals surface area contributed by atoms with E-state index >= 15 is 0 Å². The van der Waals surface area contributed by atoms with Crippen molar-refractivity contribution in [3.05, 3.63) is 70.7 Å². The number of alkyl carbamates (subject to hydrolysis) is 1. The maximum atomic E-state index is 11.9. The highest BCUT2D eigenvalue weighted by atomic mass is 35.5. The van der Waals surface area contributed by atoms with Crippen LogP contribution in [0.1, 0.15) is 11.1 Å². The van der Waals surface area contributed by atoms with E-state index in [-0.39, 0.29) is 13.0 Å². The summed E-state index contributed by atoms with van der Waals surface area (Å²) in [6.45, 7) is -0.319. The Bertz CT molecular complexity index is 780. The van der Waals surface area contributed by atoms with Gasteiger partial charge >= 0.3 is 12.1 Å². The fourth-order valence-electron chi connectivity index (χ4n) is 2.23. The molecule has 0 saturated carbocycles. The number of nitrogens with one attached hydrogen (secondary N) is 2. The summed E-state index contributed by atoms with van der Waals surface area (Å²) in [5.74, 6) is -1.81. The average molecular weight is 391 g/mol. The van der Waals surface area contributed by atoms with Gasteiger partial charge in [-0.25, -0.2) is 9.59 Å². The molecular formula is C19H19ClN2O5. The lowest BCUT2D eigenvalue weighted by Gasteiger charge is -2.15. The SMILES string of the molecule is O=C(CNC(=O)OCc1ccccc1)N[C@@H](Cc1ccc(Cl)cc1)C(=O)O. The molecule has 0 unspecified atom stereocenters. The first-order chi connectivity index (χ1) is 12.9. The molecule has 3 N–H and O–H groups in total. The molecule has 0 heterocycles. The summed E-state index contributed by atoms with van der Waals surface area (Å²) in [6, 6.07) is 14.6. The van der Waals surface area contributed by atoms with Crippen molar-refractivity contribution in [3.63, 3.8) is 0 Å². The van der Waals surface area contributed by atoms with E-state index in [1.807, 2.05) is 18.2 Å². The first kappa shape index (κ1) is 20.3. The van der Waals surface area contributed by atoms with Crippen molar-refractivity contribution in [2.45, 2.75) is 19.1 Å². The number of halogens is 1. The normalized spacial score (nSPS) is 11.3. The van der Waals surface area contributed by atoms with Gasteiger partial charge in [0.25, 0.3) is 0 Å². The van der Waals surface area contributed by atoms with E-state index in [1.165, 1.54) is 0 Å². The van der Waals surface area contributed by atoms with Gasteiger partial charge in [0, 0.05) is 11.4 Å². The minimum Gasteiger partial charge on any atom is -0.480 e. The molecule has 2 aromatic rings. The number of hydrogen-bond donors (Lipinski definition) is 3. The second-order valence-corrected chi connectivity index (χ2v) is 6.14. The van der Waals surface area contributed by atoms with Gasteiger partial charge in [-0.15, -0.1) is 0 Å². The Labute approximate surface area is 161 Å². The molecule has 0 aliphatic rings. The third-order valence-corrected chi connectivity index (χ3v) is 3.84. The largest absolute Gasteiger partial charge is 0.480 e. The van der Waals surface area contributed by atoms with Crippen LogP contribution in [-0.4, -0.2) is 35.7 Å². The molecule has 0 aliphatic carbocycles. The minimum atomic E-state index is -1.18. The minimum absolute atomic E-state index is 0.0720. The van der Waals surface area contributed by atoms with Crippen molar-refractivity contribution < 1.29 is 24.2 Å². The Morgan fingerprint density at radius 1 is 1.00 bits per heavy atom. The van der Waals surface area contributed by atoms with E-state index in [4.69, 9.17) is 16.3 Å². The number of benzene rings is 2. The van der Waals surface area contributed by atoms with Crippen molar-refractivity contribution in [2.75, 3.05) is 6.54 Å². The van der Waals surface area contributed by atoms with Gasteiger partial charge < -0.3 is 20.5 Å². The summed E-state index contributed by atoms with van der Waals surface area (Å²) < 4.78 is 4.98. The molecule has 0 bridgehead atoms. The zero-order chi connectivity index (χ0) is 19.6. The topological polar surface area (TPSA) is 105 Å². The predicted molar refractivity (Wildman–Crippen MR) is 99.4 cm³/mol. The molecule has 2 amide bonds. The van der Waals surface area contributed by atoms with Crippen LogP contribution in [-0.2, 0) is 27.4 Å². The smallest absolute Gasteiger partial charge is 0.407 e. The number of ether oxygens (including phenoxy) is 1. The fraction of sp³-hybridized carbons (Fsp3) is 0.211. The van der Waals surface area contributed by atoms with Crippen LogP contribution in [0.4, 0.5) is 4.79 Å². The molecule has 0 aromatic heterocycles. The molecule has 2 aromatic carbocycles. The van der Waals surface area contributed by atoms with Crippen LogP contribution in [0.2, 0.25) is 5.02 Å². The molecule has 2 rings (SSSR count). The summed E-state index contributed by atoms with van der Waals surface area (Å²) in [7, 11) is 0. The van der Waals surface area contributed by atoms with E-state index in [0.717, 1.165) is 5.56 Å². The molecule has 0 aliphatic heterocycles. The Morgan fingerprint density at radius 3 is 2.30 bits per heavy atom. The van der Waals surface area contributed by atoms with Crippen LogP contribution in [0, 0.1) is 0 Å². The number of amides is 2. The number of aliphatic carboxylic acids is 1. The van der Waals surface area contributed by atoms with Gasteiger partial charge in [0.15, 0.2) is 0 Å². The number of hydrogen-bond acceptors (Lipinski definition) is 4. The number of carbonyl (C=O) groups excluding carboxylic acids is 2. The number of carbonyl (C=O) groups is 3. The van der Waals surface area contributed by atoms with Crippen molar-refractivity contribution in [1.29, 1.82) is 0 Å². The zero-order valence-electron chi connectivity index (χ0n) is 14.4. The maximum absolute atomic E-state index is 11.9. The maximum Gasteiger partial charge on any atom is 0.407 e. The molecule has 0 saturated heterocycles. The van der Waals surface area contributed by atoms with Gasteiger partial charge in [-0.05, 0) is 23.3 Å². The first-order valence-corrected chi connectivity index (χ1v) is 8.53. The van der Waals surface area contributed by atoms with Gasteiger partial charge in [0.2, 0.25) is 5.91 Å². The molecule has 142 valence electrons. The van der Waals surface area contributed by atoms with Crippen molar-refractivity contribution in [3.8, 4) is 0 Å².